The van der Waals surface area contributed by atoms with Gasteiger partial charge in [-0.05, 0) is 0 Å². The van der Waals surface area contributed by atoms with E-state index >= 15 is 0 Å². The molecule has 8 heteroatoms. The van der Waals surface area contributed by atoms with E-state index < -0.39 is 48.8 Å². The number of hydrogen-bond acceptors (Lipinski definition) is 7. The molecule has 0 unspecified atom stereocenters. The first-order valence-corrected chi connectivity index (χ1v) is 5.50. The molecule has 1 aliphatic rings. The Morgan fingerprint density at radius 3 is 2.39 bits per heavy atom. The van der Waals surface area contributed by atoms with Crippen molar-refractivity contribution in [1.29, 1.82) is 0 Å². The molecule has 1 aliphatic heterocycles. The van der Waals surface area contributed by atoms with Gasteiger partial charge in [-0.25, -0.2) is 0 Å². The Bertz CT molecular complexity index is 323. The van der Waals surface area contributed by atoms with Crippen LogP contribution in [0.3, 0.4) is 0 Å². The summed E-state index contributed by atoms with van der Waals surface area (Å²) >= 11 is 0. The Labute approximate surface area is 104 Å². The van der Waals surface area contributed by atoms with Gasteiger partial charge in [0.1, 0.15) is 12.1 Å². The normalized spacial score (nSPS) is 35.9. The zero-order valence-corrected chi connectivity index (χ0v) is 10.2. The number of rotatable bonds is 3. The fourth-order valence-electron chi connectivity index (χ4n) is 1.99. The molecule has 0 radical (unpaired) electrons. The molecule has 0 spiro atoms. The van der Waals surface area contributed by atoms with E-state index in [1.807, 2.05) is 0 Å². The van der Waals surface area contributed by atoms with Gasteiger partial charge in [0, 0.05) is 6.92 Å². The molecule has 0 aliphatic carbocycles. The number of hydrogen-bond donors (Lipinski definition) is 5. The molecule has 104 valence electrons. The Kier molecular flexibility index (Phi) is 5.03. The average Bonchev–Trinajstić information content (AvgIpc) is 2.34. The predicted octanol–water partition coefficient (Wildman–Crippen LogP) is -3.28. The second-order valence-corrected chi connectivity index (χ2v) is 4.16. The lowest BCUT2D eigenvalue weighted by Crippen LogP contribution is -2.72. The minimum atomic E-state index is -1.38. The molecule has 0 aromatic carbocycles. The summed E-state index contributed by atoms with van der Waals surface area (Å²) in [7, 11) is 1.17. The molecular formula is C10H18N2O6. The predicted molar refractivity (Wildman–Crippen MR) is 59.4 cm³/mol. The molecule has 0 aromatic rings. The Morgan fingerprint density at radius 2 is 1.94 bits per heavy atom. The summed E-state index contributed by atoms with van der Waals surface area (Å²) in [5.74, 6) is -1.15. The van der Waals surface area contributed by atoms with E-state index in [1.165, 1.54) is 14.0 Å². The van der Waals surface area contributed by atoms with Gasteiger partial charge in [-0.1, -0.05) is 0 Å². The number of methoxy groups -OCH3 is 1. The number of amides is 1. The number of esters is 1. The molecule has 1 rings (SSSR count). The SMILES string of the molecule is COC(=O)[C@@H]1N[C@H](CO)[C@@H](O)[C@H](O)[C@H]1NC(C)=O. The lowest BCUT2D eigenvalue weighted by molar-refractivity contribution is -0.151. The Morgan fingerprint density at radius 1 is 1.33 bits per heavy atom. The second kappa shape index (κ2) is 6.10. The van der Waals surface area contributed by atoms with Gasteiger partial charge in [0.25, 0.3) is 0 Å². The topological polar surface area (TPSA) is 128 Å². The molecule has 1 saturated heterocycles. The van der Waals surface area contributed by atoms with Crippen LogP contribution in [-0.2, 0) is 14.3 Å². The van der Waals surface area contributed by atoms with E-state index in [1.54, 1.807) is 0 Å². The first-order chi connectivity index (χ1) is 8.42. The maximum atomic E-state index is 11.6. The van der Waals surface area contributed by atoms with Crippen LogP contribution in [0.1, 0.15) is 6.92 Å². The van der Waals surface area contributed by atoms with Crippen LogP contribution < -0.4 is 10.6 Å². The standard InChI is InChI=1S/C10H18N2O6/c1-4(14)11-6-7(10(17)18-2)12-5(3-13)8(15)9(6)16/h5-9,12-13,15-16H,3H2,1-2H3,(H,11,14)/t5-,6+,7-,8-,9-/m1/s1. The summed E-state index contributed by atoms with van der Waals surface area (Å²) in [6.45, 7) is 0.768. The smallest absolute Gasteiger partial charge is 0.325 e. The molecule has 1 amide bonds. The quantitative estimate of drug-likeness (QED) is 0.337. The van der Waals surface area contributed by atoms with Gasteiger partial charge >= 0.3 is 5.97 Å². The van der Waals surface area contributed by atoms with Crippen LogP contribution in [0, 0.1) is 0 Å². The van der Waals surface area contributed by atoms with E-state index in [0.717, 1.165) is 0 Å². The maximum absolute atomic E-state index is 11.6. The lowest BCUT2D eigenvalue weighted by Gasteiger charge is -2.42. The highest BCUT2D eigenvalue weighted by Gasteiger charge is 2.46. The third kappa shape index (κ3) is 2.96. The zero-order valence-electron chi connectivity index (χ0n) is 10.2. The van der Waals surface area contributed by atoms with E-state index in [0.29, 0.717) is 0 Å². The number of nitrogens with one attached hydrogen (secondary N) is 2. The molecule has 18 heavy (non-hydrogen) atoms. The van der Waals surface area contributed by atoms with Gasteiger partial charge in [-0.15, -0.1) is 0 Å². The molecule has 5 N–H and O–H groups in total. The average molecular weight is 262 g/mol. The van der Waals surface area contributed by atoms with Crippen molar-refractivity contribution in [2.75, 3.05) is 13.7 Å². The fraction of sp³-hybridized carbons (Fsp3) is 0.800. The number of aliphatic hydroxyl groups is 3. The summed E-state index contributed by atoms with van der Waals surface area (Å²) in [6, 6.07) is -2.92. The van der Waals surface area contributed by atoms with Gasteiger partial charge in [0.05, 0.1) is 31.9 Å². The van der Waals surface area contributed by atoms with Crippen LogP contribution in [0.5, 0.6) is 0 Å². The molecule has 0 bridgehead atoms. The molecule has 0 aromatic heterocycles. The van der Waals surface area contributed by atoms with Gasteiger partial charge in [0.2, 0.25) is 5.91 Å². The third-order valence-corrected chi connectivity index (χ3v) is 2.90. The van der Waals surface area contributed by atoms with Gasteiger partial charge < -0.3 is 25.4 Å². The van der Waals surface area contributed by atoms with Crippen molar-refractivity contribution in [3.05, 3.63) is 0 Å². The second-order valence-electron chi connectivity index (χ2n) is 4.16. The van der Waals surface area contributed by atoms with Gasteiger partial charge in [-0.3, -0.25) is 14.9 Å². The van der Waals surface area contributed by atoms with Crippen molar-refractivity contribution in [3.63, 3.8) is 0 Å². The van der Waals surface area contributed by atoms with E-state index in [-0.39, 0.29) is 0 Å². The highest BCUT2D eigenvalue weighted by atomic mass is 16.5. The van der Waals surface area contributed by atoms with Crippen LogP contribution in [0.4, 0.5) is 0 Å². The molecule has 5 atom stereocenters. The summed E-state index contributed by atoms with van der Waals surface area (Å²) in [4.78, 5) is 22.6. The van der Waals surface area contributed by atoms with Crippen molar-refractivity contribution in [2.24, 2.45) is 0 Å². The number of aliphatic hydroxyl groups excluding tert-OH is 3. The van der Waals surface area contributed by atoms with Crippen molar-refractivity contribution in [3.8, 4) is 0 Å². The zero-order chi connectivity index (χ0) is 13.9. The molecule has 1 heterocycles. The summed E-state index contributed by atoms with van der Waals surface area (Å²) < 4.78 is 4.55. The number of ether oxygens (including phenoxy) is 1. The van der Waals surface area contributed by atoms with Crippen LogP contribution >= 0.6 is 0 Å². The Hall–Kier alpha value is -1.22. The van der Waals surface area contributed by atoms with Crippen molar-refractivity contribution >= 4 is 11.9 Å². The maximum Gasteiger partial charge on any atom is 0.325 e. The van der Waals surface area contributed by atoms with Crippen LogP contribution in [-0.4, -0.2) is 71.2 Å². The Balaban J connectivity index is 2.93. The highest BCUT2D eigenvalue weighted by Crippen LogP contribution is 2.16. The largest absolute Gasteiger partial charge is 0.468 e. The van der Waals surface area contributed by atoms with Gasteiger partial charge in [0.15, 0.2) is 0 Å². The monoisotopic (exact) mass is 262 g/mol. The minimum absolute atomic E-state index is 0.454. The first kappa shape index (κ1) is 14.8. The number of carbonyl (C=O) groups excluding carboxylic acids is 2. The van der Waals surface area contributed by atoms with Crippen molar-refractivity contribution in [1.82, 2.24) is 10.6 Å². The van der Waals surface area contributed by atoms with E-state index in [2.05, 4.69) is 15.4 Å². The molecule has 8 nitrogen and oxygen atoms in total. The van der Waals surface area contributed by atoms with Crippen LogP contribution in [0.2, 0.25) is 0 Å². The number of piperidine rings is 1. The molecular weight excluding hydrogens is 244 g/mol. The highest BCUT2D eigenvalue weighted by molar-refractivity contribution is 5.79. The molecule has 0 saturated carbocycles. The summed E-state index contributed by atoms with van der Waals surface area (Å²) in [5, 5.41) is 33.7. The van der Waals surface area contributed by atoms with E-state index in [9.17, 15) is 19.8 Å². The van der Waals surface area contributed by atoms with Crippen LogP contribution in [0.25, 0.3) is 0 Å². The third-order valence-electron chi connectivity index (χ3n) is 2.90. The fourth-order valence-corrected chi connectivity index (χ4v) is 1.99. The number of carbonyl (C=O) groups is 2. The van der Waals surface area contributed by atoms with Gasteiger partial charge in [-0.2, -0.15) is 0 Å². The van der Waals surface area contributed by atoms with Crippen molar-refractivity contribution < 1.29 is 29.6 Å². The van der Waals surface area contributed by atoms with E-state index in [4.69, 9.17) is 5.11 Å². The summed E-state index contributed by atoms with van der Waals surface area (Å²) in [6.07, 6.45) is -2.68. The minimum Gasteiger partial charge on any atom is -0.468 e. The lowest BCUT2D eigenvalue weighted by atomic mass is 9.88. The van der Waals surface area contributed by atoms with Crippen LogP contribution in [0.15, 0.2) is 0 Å². The first-order valence-electron chi connectivity index (χ1n) is 5.50. The summed E-state index contributed by atoms with van der Waals surface area (Å²) in [5.41, 5.74) is 0. The van der Waals surface area contributed by atoms with Crippen molar-refractivity contribution in [2.45, 2.75) is 37.3 Å². The molecule has 1 fully saturated rings.